The number of rotatable bonds is 5. The van der Waals surface area contributed by atoms with Crippen LogP contribution >= 0.6 is 0 Å². The molecule has 76 valence electrons. The quantitative estimate of drug-likeness (QED) is 0.670. The van der Waals surface area contributed by atoms with Gasteiger partial charge in [0.15, 0.2) is 0 Å². The highest BCUT2D eigenvalue weighted by molar-refractivity contribution is 5.74. The molecule has 1 aromatic rings. The number of hydrogen-bond acceptors (Lipinski definition) is 2. The lowest BCUT2D eigenvalue weighted by Crippen LogP contribution is -2.02. The Morgan fingerprint density at radius 3 is 2.36 bits per heavy atom. The van der Waals surface area contributed by atoms with Gasteiger partial charge in [-0.3, -0.25) is 4.79 Å². The first-order chi connectivity index (χ1) is 6.81. The van der Waals surface area contributed by atoms with Crippen LogP contribution in [0.1, 0.15) is 42.3 Å². The minimum absolute atomic E-state index is 0.153. The lowest BCUT2D eigenvalue weighted by atomic mass is 10.1. The van der Waals surface area contributed by atoms with Crippen LogP contribution in [-0.4, -0.2) is 12.9 Å². The van der Waals surface area contributed by atoms with Crippen molar-refractivity contribution >= 4 is 6.29 Å². The third kappa shape index (κ3) is 2.67. The summed E-state index contributed by atoms with van der Waals surface area (Å²) in [7, 11) is 0. The predicted octanol–water partition coefficient (Wildman–Crippen LogP) is 2.99. The van der Waals surface area contributed by atoms with E-state index in [0.717, 1.165) is 18.3 Å². The van der Waals surface area contributed by atoms with Crippen LogP contribution in [0, 0.1) is 0 Å². The molecule has 1 aromatic carbocycles. The fourth-order valence-electron chi connectivity index (χ4n) is 1.44. The maximum atomic E-state index is 10.5. The van der Waals surface area contributed by atoms with Gasteiger partial charge in [0.25, 0.3) is 0 Å². The molecule has 1 rings (SSSR count). The third-order valence-corrected chi connectivity index (χ3v) is 2.18. The van der Waals surface area contributed by atoms with Crippen LogP contribution in [0.15, 0.2) is 24.3 Å². The van der Waals surface area contributed by atoms with Crippen molar-refractivity contribution in [2.45, 2.75) is 26.4 Å². The molecule has 0 saturated heterocycles. The Balaban J connectivity index is 2.77. The number of carbonyl (C=O) groups excluding carboxylic acids is 1. The molecule has 0 aliphatic carbocycles. The number of hydrogen-bond donors (Lipinski definition) is 0. The van der Waals surface area contributed by atoms with Gasteiger partial charge in [-0.1, -0.05) is 31.2 Å². The van der Waals surface area contributed by atoms with Gasteiger partial charge in [-0.15, -0.1) is 0 Å². The van der Waals surface area contributed by atoms with Gasteiger partial charge in [-0.25, -0.2) is 0 Å². The Morgan fingerprint density at radius 1 is 1.29 bits per heavy atom. The molecule has 0 bridgehead atoms. The highest BCUT2D eigenvalue weighted by atomic mass is 16.5. The summed E-state index contributed by atoms with van der Waals surface area (Å²) >= 11 is 0. The van der Waals surface area contributed by atoms with Crippen molar-refractivity contribution in [1.82, 2.24) is 0 Å². The topological polar surface area (TPSA) is 26.3 Å². The fourth-order valence-corrected chi connectivity index (χ4v) is 1.44. The van der Waals surface area contributed by atoms with Crippen LogP contribution in [0.3, 0.4) is 0 Å². The molecule has 0 fully saturated rings. The first kappa shape index (κ1) is 10.9. The van der Waals surface area contributed by atoms with Crippen LogP contribution in [-0.2, 0) is 4.74 Å². The van der Waals surface area contributed by atoms with E-state index in [1.165, 1.54) is 0 Å². The average Bonchev–Trinajstić information content (AvgIpc) is 2.26. The van der Waals surface area contributed by atoms with E-state index in [1.54, 1.807) is 0 Å². The highest BCUT2D eigenvalue weighted by Gasteiger charge is 2.07. The third-order valence-electron chi connectivity index (χ3n) is 2.18. The van der Waals surface area contributed by atoms with Crippen molar-refractivity contribution < 1.29 is 9.53 Å². The van der Waals surface area contributed by atoms with Crippen molar-refractivity contribution in [2.75, 3.05) is 6.61 Å². The number of ether oxygens (including phenoxy) is 1. The largest absolute Gasteiger partial charge is 0.374 e. The van der Waals surface area contributed by atoms with E-state index >= 15 is 0 Å². The van der Waals surface area contributed by atoms with Crippen molar-refractivity contribution in [3.63, 3.8) is 0 Å². The smallest absolute Gasteiger partial charge is 0.150 e. The Morgan fingerprint density at radius 2 is 1.93 bits per heavy atom. The lowest BCUT2D eigenvalue weighted by Gasteiger charge is -2.15. The minimum Gasteiger partial charge on any atom is -0.374 e. The van der Waals surface area contributed by atoms with Crippen molar-refractivity contribution in [2.24, 2.45) is 0 Å². The molecule has 1 unspecified atom stereocenters. The van der Waals surface area contributed by atoms with Crippen LogP contribution < -0.4 is 0 Å². The highest BCUT2D eigenvalue weighted by Crippen LogP contribution is 2.20. The van der Waals surface area contributed by atoms with E-state index in [4.69, 9.17) is 4.74 Å². The first-order valence-electron chi connectivity index (χ1n) is 4.98. The van der Waals surface area contributed by atoms with Gasteiger partial charge >= 0.3 is 0 Å². The number of aldehydes is 1. The summed E-state index contributed by atoms with van der Waals surface area (Å²) in [6.07, 6.45) is 1.96. The molecule has 2 nitrogen and oxygen atoms in total. The van der Waals surface area contributed by atoms with E-state index in [-0.39, 0.29) is 6.10 Å². The molecular weight excluding hydrogens is 176 g/mol. The summed E-state index contributed by atoms with van der Waals surface area (Å²) in [6.45, 7) is 4.80. The van der Waals surface area contributed by atoms with Gasteiger partial charge in [0.1, 0.15) is 6.29 Å². The summed E-state index contributed by atoms with van der Waals surface area (Å²) in [6, 6.07) is 7.55. The molecule has 0 heterocycles. The van der Waals surface area contributed by atoms with E-state index in [0.29, 0.717) is 12.2 Å². The Labute approximate surface area is 84.9 Å². The fraction of sp³-hybridized carbons (Fsp3) is 0.417. The molecule has 14 heavy (non-hydrogen) atoms. The molecule has 0 aromatic heterocycles. The molecule has 0 spiro atoms. The zero-order chi connectivity index (χ0) is 10.4. The van der Waals surface area contributed by atoms with Gasteiger partial charge in [0.2, 0.25) is 0 Å². The van der Waals surface area contributed by atoms with Crippen LogP contribution in [0.5, 0.6) is 0 Å². The molecule has 0 amide bonds. The summed E-state index contributed by atoms with van der Waals surface area (Å²) in [4.78, 5) is 10.5. The molecule has 0 aliphatic heterocycles. The summed E-state index contributed by atoms with van der Waals surface area (Å²) in [5.41, 5.74) is 1.85. The molecule has 0 N–H and O–H groups in total. The van der Waals surface area contributed by atoms with Crippen LogP contribution in [0.4, 0.5) is 0 Å². The van der Waals surface area contributed by atoms with Crippen molar-refractivity contribution in [3.8, 4) is 0 Å². The molecule has 1 atom stereocenters. The van der Waals surface area contributed by atoms with Crippen molar-refractivity contribution in [1.29, 1.82) is 0 Å². The minimum atomic E-state index is 0.153. The van der Waals surface area contributed by atoms with Gasteiger partial charge in [-0.2, -0.15) is 0 Å². The van der Waals surface area contributed by atoms with Gasteiger partial charge < -0.3 is 4.74 Å². The second-order valence-electron chi connectivity index (χ2n) is 3.14. The second kappa shape index (κ2) is 5.55. The monoisotopic (exact) mass is 192 g/mol. The Bertz CT molecular complexity index is 277. The molecule has 2 heteroatoms. The molecule has 0 aliphatic rings. The Hall–Kier alpha value is -1.15. The van der Waals surface area contributed by atoms with Gasteiger partial charge in [-0.05, 0) is 18.9 Å². The normalized spacial score (nSPS) is 12.4. The zero-order valence-electron chi connectivity index (χ0n) is 8.69. The maximum Gasteiger partial charge on any atom is 0.150 e. The summed E-state index contributed by atoms with van der Waals surface area (Å²) in [5, 5.41) is 0. The number of benzene rings is 1. The lowest BCUT2D eigenvalue weighted by molar-refractivity contribution is 0.0598. The van der Waals surface area contributed by atoms with E-state index in [1.807, 2.05) is 31.2 Å². The molecular formula is C12H16O2. The maximum absolute atomic E-state index is 10.5. The predicted molar refractivity (Wildman–Crippen MR) is 56.5 cm³/mol. The van der Waals surface area contributed by atoms with E-state index < -0.39 is 0 Å². The standard InChI is InChI=1S/C12H16O2/c1-3-12(14-4-2)11-7-5-10(9-13)6-8-11/h5-9,12H,3-4H2,1-2H3. The van der Waals surface area contributed by atoms with Crippen molar-refractivity contribution in [3.05, 3.63) is 35.4 Å². The average molecular weight is 192 g/mol. The summed E-state index contributed by atoms with van der Waals surface area (Å²) in [5.74, 6) is 0. The van der Waals surface area contributed by atoms with Gasteiger partial charge in [0, 0.05) is 12.2 Å². The zero-order valence-corrected chi connectivity index (χ0v) is 8.69. The van der Waals surface area contributed by atoms with Gasteiger partial charge in [0.05, 0.1) is 6.10 Å². The second-order valence-corrected chi connectivity index (χ2v) is 3.14. The summed E-state index contributed by atoms with van der Waals surface area (Å²) < 4.78 is 5.56. The SMILES string of the molecule is CCOC(CC)c1ccc(C=O)cc1. The first-order valence-corrected chi connectivity index (χ1v) is 4.98. The van der Waals surface area contributed by atoms with Crippen LogP contribution in [0.2, 0.25) is 0 Å². The van der Waals surface area contributed by atoms with E-state index in [9.17, 15) is 4.79 Å². The Kier molecular flexibility index (Phi) is 4.33. The number of carbonyl (C=O) groups is 1. The van der Waals surface area contributed by atoms with Crippen LogP contribution in [0.25, 0.3) is 0 Å². The molecule has 0 saturated carbocycles. The van der Waals surface area contributed by atoms with E-state index in [2.05, 4.69) is 6.92 Å². The molecule has 0 radical (unpaired) electrons.